The molecule has 0 fully saturated rings. The number of nitrogens with one attached hydrogen (secondary N) is 1. The Bertz CT molecular complexity index is 412. The molecule has 106 valence electrons. The number of halogens is 1. The molecule has 3 N–H and O–H groups in total. The Morgan fingerprint density at radius 3 is 2.47 bits per heavy atom. The first kappa shape index (κ1) is 15.8. The highest BCUT2D eigenvalue weighted by molar-refractivity contribution is 6.30. The Morgan fingerprint density at radius 1 is 1.37 bits per heavy atom. The number of carbonyl (C=O) groups is 1. The maximum atomic E-state index is 11.7. The molecule has 0 saturated carbocycles. The lowest BCUT2D eigenvalue weighted by Crippen LogP contribution is -2.49. The smallest absolute Gasteiger partial charge is 0.237 e. The van der Waals surface area contributed by atoms with Gasteiger partial charge < -0.3 is 15.8 Å². The second-order valence-electron chi connectivity index (χ2n) is 5.44. The molecule has 0 bridgehead atoms. The van der Waals surface area contributed by atoms with Crippen LogP contribution in [0.25, 0.3) is 0 Å². The first-order valence-electron chi connectivity index (χ1n) is 6.22. The molecule has 0 unspecified atom stereocenters. The topological polar surface area (TPSA) is 64.4 Å². The molecule has 1 rings (SSSR count). The van der Waals surface area contributed by atoms with Gasteiger partial charge in [-0.2, -0.15) is 0 Å². The van der Waals surface area contributed by atoms with Gasteiger partial charge in [-0.25, -0.2) is 0 Å². The summed E-state index contributed by atoms with van der Waals surface area (Å²) in [5.41, 5.74) is 5.59. The first-order valence-corrected chi connectivity index (χ1v) is 6.60. The van der Waals surface area contributed by atoms with Gasteiger partial charge in [0.2, 0.25) is 5.91 Å². The van der Waals surface area contributed by atoms with Crippen LogP contribution in [-0.4, -0.2) is 25.1 Å². The molecule has 1 aromatic carbocycles. The van der Waals surface area contributed by atoms with E-state index in [0.717, 1.165) is 5.75 Å². The Morgan fingerprint density at radius 2 is 1.95 bits per heavy atom. The fourth-order valence-corrected chi connectivity index (χ4v) is 1.50. The van der Waals surface area contributed by atoms with E-state index in [-0.39, 0.29) is 11.3 Å². The van der Waals surface area contributed by atoms with Gasteiger partial charge in [0.15, 0.2) is 0 Å². The summed E-state index contributed by atoms with van der Waals surface area (Å²) in [5, 5.41) is 3.42. The lowest BCUT2D eigenvalue weighted by atomic mass is 9.87. The summed E-state index contributed by atoms with van der Waals surface area (Å²) in [4.78, 5) is 11.7. The van der Waals surface area contributed by atoms with Crippen molar-refractivity contribution in [2.24, 2.45) is 11.1 Å². The molecule has 0 aliphatic rings. The van der Waals surface area contributed by atoms with E-state index in [0.29, 0.717) is 18.2 Å². The zero-order valence-electron chi connectivity index (χ0n) is 11.6. The minimum atomic E-state index is -0.525. The highest BCUT2D eigenvalue weighted by Gasteiger charge is 2.26. The average Bonchev–Trinajstić information content (AvgIpc) is 2.34. The molecule has 0 spiro atoms. The van der Waals surface area contributed by atoms with Gasteiger partial charge in [-0.05, 0) is 29.7 Å². The average molecular weight is 285 g/mol. The van der Waals surface area contributed by atoms with E-state index in [9.17, 15) is 4.79 Å². The number of rotatable bonds is 5. The standard InChI is InChI=1S/C14H21ClN2O2/c1-14(2,3)12(16)13(18)17-8-9-19-11-6-4-10(15)5-7-11/h4-7,12H,8-9,16H2,1-3H3,(H,17,18)/t12-/m1/s1. The summed E-state index contributed by atoms with van der Waals surface area (Å²) in [5.74, 6) is 0.561. The quantitative estimate of drug-likeness (QED) is 0.815. The van der Waals surface area contributed by atoms with Crippen molar-refractivity contribution in [3.8, 4) is 5.75 Å². The summed E-state index contributed by atoms with van der Waals surface area (Å²) in [6, 6.07) is 6.55. The van der Waals surface area contributed by atoms with Crippen LogP contribution in [0.5, 0.6) is 5.75 Å². The summed E-state index contributed by atoms with van der Waals surface area (Å²) in [6.45, 7) is 6.61. The van der Waals surface area contributed by atoms with Crippen molar-refractivity contribution in [1.82, 2.24) is 5.32 Å². The molecule has 0 saturated heterocycles. The SMILES string of the molecule is CC(C)(C)[C@H](N)C(=O)NCCOc1ccc(Cl)cc1. The molecule has 4 nitrogen and oxygen atoms in total. The largest absolute Gasteiger partial charge is 0.492 e. The number of carbonyl (C=O) groups excluding carboxylic acids is 1. The minimum Gasteiger partial charge on any atom is -0.492 e. The van der Waals surface area contributed by atoms with Gasteiger partial charge in [0.25, 0.3) is 0 Å². The van der Waals surface area contributed by atoms with Crippen molar-refractivity contribution < 1.29 is 9.53 Å². The third-order valence-electron chi connectivity index (χ3n) is 2.70. The van der Waals surface area contributed by atoms with E-state index in [1.807, 2.05) is 20.8 Å². The van der Waals surface area contributed by atoms with Crippen molar-refractivity contribution in [3.63, 3.8) is 0 Å². The van der Waals surface area contributed by atoms with Gasteiger partial charge in [-0.1, -0.05) is 32.4 Å². The fourth-order valence-electron chi connectivity index (χ4n) is 1.38. The Hall–Kier alpha value is -1.26. The van der Waals surface area contributed by atoms with Gasteiger partial charge in [-0.3, -0.25) is 4.79 Å². The van der Waals surface area contributed by atoms with E-state index in [1.54, 1.807) is 24.3 Å². The van der Waals surface area contributed by atoms with E-state index >= 15 is 0 Å². The van der Waals surface area contributed by atoms with Crippen LogP contribution in [0.15, 0.2) is 24.3 Å². The number of benzene rings is 1. The number of amides is 1. The molecular weight excluding hydrogens is 264 g/mol. The van der Waals surface area contributed by atoms with Crippen molar-refractivity contribution in [1.29, 1.82) is 0 Å². The van der Waals surface area contributed by atoms with Crippen molar-refractivity contribution in [2.75, 3.05) is 13.2 Å². The molecule has 1 aromatic rings. The molecule has 0 aromatic heterocycles. The monoisotopic (exact) mass is 284 g/mol. The molecule has 19 heavy (non-hydrogen) atoms. The fraction of sp³-hybridized carbons (Fsp3) is 0.500. The molecule has 1 atom stereocenters. The molecule has 0 heterocycles. The Labute approximate surface area is 119 Å². The van der Waals surface area contributed by atoms with Gasteiger partial charge in [-0.15, -0.1) is 0 Å². The maximum Gasteiger partial charge on any atom is 0.237 e. The highest BCUT2D eigenvalue weighted by atomic mass is 35.5. The van der Waals surface area contributed by atoms with Crippen LogP contribution in [0.4, 0.5) is 0 Å². The summed E-state index contributed by atoms with van der Waals surface area (Å²) in [6.07, 6.45) is 0. The second kappa shape index (κ2) is 6.78. The highest BCUT2D eigenvalue weighted by Crippen LogP contribution is 2.17. The van der Waals surface area contributed by atoms with E-state index < -0.39 is 6.04 Å². The van der Waals surface area contributed by atoms with Crippen molar-refractivity contribution in [2.45, 2.75) is 26.8 Å². The lowest BCUT2D eigenvalue weighted by molar-refractivity contribution is -0.124. The number of hydrogen-bond donors (Lipinski definition) is 2. The van der Waals surface area contributed by atoms with E-state index in [4.69, 9.17) is 22.1 Å². The summed E-state index contributed by atoms with van der Waals surface area (Å²) in [7, 11) is 0. The zero-order valence-corrected chi connectivity index (χ0v) is 12.3. The normalized spacial score (nSPS) is 12.9. The first-order chi connectivity index (χ1) is 8.80. The minimum absolute atomic E-state index is 0.160. The lowest BCUT2D eigenvalue weighted by Gasteiger charge is -2.25. The van der Waals surface area contributed by atoms with Crippen LogP contribution in [0.1, 0.15) is 20.8 Å². The Balaban J connectivity index is 2.28. The van der Waals surface area contributed by atoms with Crippen LogP contribution in [-0.2, 0) is 4.79 Å². The van der Waals surface area contributed by atoms with Crippen LogP contribution in [0.3, 0.4) is 0 Å². The molecular formula is C14H21ClN2O2. The number of ether oxygens (including phenoxy) is 1. The predicted molar refractivity (Wildman–Crippen MR) is 77.4 cm³/mol. The second-order valence-corrected chi connectivity index (χ2v) is 5.87. The van der Waals surface area contributed by atoms with Crippen LogP contribution in [0, 0.1) is 5.41 Å². The third-order valence-corrected chi connectivity index (χ3v) is 2.95. The van der Waals surface area contributed by atoms with Gasteiger partial charge in [0, 0.05) is 5.02 Å². The van der Waals surface area contributed by atoms with E-state index in [2.05, 4.69) is 5.32 Å². The van der Waals surface area contributed by atoms with Crippen molar-refractivity contribution in [3.05, 3.63) is 29.3 Å². The summed E-state index contributed by atoms with van der Waals surface area (Å²) < 4.78 is 5.46. The zero-order chi connectivity index (χ0) is 14.5. The number of nitrogens with two attached hydrogens (primary N) is 1. The number of hydrogen-bond acceptors (Lipinski definition) is 3. The molecule has 1 amide bonds. The van der Waals surface area contributed by atoms with Crippen LogP contribution in [0.2, 0.25) is 5.02 Å². The van der Waals surface area contributed by atoms with Gasteiger partial charge in [0.1, 0.15) is 12.4 Å². The predicted octanol–water partition coefficient (Wildman–Crippen LogP) is 2.21. The van der Waals surface area contributed by atoms with E-state index in [1.165, 1.54) is 0 Å². The molecule has 5 heteroatoms. The third kappa shape index (κ3) is 5.49. The van der Waals surface area contributed by atoms with Crippen molar-refractivity contribution >= 4 is 17.5 Å². The summed E-state index contributed by atoms with van der Waals surface area (Å²) >= 11 is 5.77. The molecule has 0 radical (unpaired) electrons. The van der Waals surface area contributed by atoms with Gasteiger partial charge in [0.05, 0.1) is 12.6 Å². The molecule has 0 aliphatic carbocycles. The van der Waals surface area contributed by atoms with Gasteiger partial charge >= 0.3 is 0 Å². The maximum absolute atomic E-state index is 11.7. The Kier molecular flexibility index (Phi) is 5.63. The molecule has 0 aliphatic heterocycles. The van der Waals surface area contributed by atoms with Crippen LogP contribution >= 0.6 is 11.6 Å². The van der Waals surface area contributed by atoms with Crippen LogP contribution < -0.4 is 15.8 Å².